The van der Waals surface area contributed by atoms with Gasteiger partial charge in [-0.1, -0.05) is 61.2 Å². The largest absolute Gasteiger partial charge is 0.497 e. The summed E-state index contributed by atoms with van der Waals surface area (Å²) in [6.45, 7) is 9.78. The molecule has 0 fully saturated rings. The molecule has 0 saturated heterocycles. The van der Waals surface area contributed by atoms with Crippen molar-refractivity contribution in [2.24, 2.45) is 0 Å². The minimum absolute atomic E-state index is 0.165. The summed E-state index contributed by atoms with van der Waals surface area (Å²) in [5, 5.41) is 9.83. The van der Waals surface area contributed by atoms with Gasteiger partial charge < -0.3 is 24.1 Å². The van der Waals surface area contributed by atoms with Gasteiger partial charge in [0.2, 0.25) is 0 Å². The van der Waals surface area contributed by atoms with Crippen molar-refractivity contribution in [3.05, 3.63) is 115 Å². The minimum Gasteiger partial charge on any atom is -0.497 e. The normalized spacial score (nSPS) is 14.8. The molecule has 0 heterocycles. The fraction of sp³-hybridized carbons (Fsp3) is 0.286. The van der Waals surface area contributed by atoms with Gasteiger partial charge in [0, 0.05) is 0 Å². The van der Waals surface area contributed by atoms with Crippen molar-refractivity contribution in [1.29, 1.82) is 0 Å². The Morgan fingerprint density at radius 2 is 1.67 bits per heavy atom. The van der Waals surface area contributed by atoms with Crippen molar-refractivity contribution in [2.75, 3.05) is 34.0 Å². The van der Waals surface area contributed by atoms with Gasteiger partial charge in [-0.25, -0.2) is 0 Å². The van der Waals surface area contributed by atoms with Crippen molar-refractivity contribution in [3.8, 4) is 5.75 Å². The summed E-state index contributed by atoms with van der Waals surface area (Å²) in [5.74, 6) is 1.38. The fourth-order valence-corrected chi connectivity index (χ4v) is 3.52. The van der Waals surface area contributed by atoms with Crippen molar-refractivity contribution < 1.29 is 24.1 Å². The summed E-state index contributed by atoms with van der Waals surface area (Å²) >= 11 is 0. The predicted molar refractivity (Wildman–Crippen MR) is 132 cm³/mol. The topological polar surface area (TPSA) is 57.2 Å². The third kappa shape index (κ3) is 6.68. The van der Waals surface area contributed by atoms with E-state index in [0.717, 1.165) is 22.4 Å². The Hall–Kier alpha value is -3.12. The maximum atomic E-state index is 9.83. The van der Waals surface area contributed by atoms with Gasteiger partial charge in [0.05, 0.1) is 34.0 Å². The molecular weight excluding hydrogens is 416 g/mol. The van der Waals surface area contributed by atoms with E-state index in [4.69, 9.17) is 18.9 Å². The molecule has 0 aliphatic heterocycles. The van der Waals surface area contributed by atoms with Crippen LogP contribution in [0.1, 0.15) is 18.1 Å². The number of aliphatic hydroxyl groups is 1. The van der Waals surface area contributed by atoms with Gasteiger partial charge >= 0.3 is 0 Å². The average molecular weight is 451 g/mol. The van der Waals surface area contributed by atoms with E-state index >= 15 is 0 Å². The summed E-state index contributed by atoms with van der Waals surface area (Å²) in [7, 11) is 3.24. The Balaban J connectivity index is 2.67. The number of aliphatic hydroxyl groups excluding tert-OH is 1. The molecular formula is C28H34O5. The van der Waals surface area contributed by atoms with Crippen LogP contribution in [0, 0.1) is 0 Å². The van der Waals surface area contributed by atoms with E-state index in [1.165, 1.54) is 0 Å². The van der Waals surface area contributed by atoms with Crippen LogP contribution < -0.4 is 4.74 Å². The smallest absolute Gasteiger partial charge is 0.139 e. The van der Waals surface area contributed by atoms with E-state index in [1.807, 2.05) is 73.7 Å². The third-order valence-electron chi connectivity index (χ3n) is 5.31. The van der Waals surface area contributed by atoms with E-state index in [-0.39, 0.29) is 13.2 Å². The molecule has 2 unspecified atom stereocenters. The van der Waals surface area contributed by atoms with Crippen LogP contribution in [0.4, 0.5) is 0 Å². The number of benzene rings is 2. The predicted octanol–water partition coefficient (Wildman–Crippen LogP) is 5.18. The molecule has 2 atom stereocenters. The van der Waals surface area contributed by atoms with Gasteiger partial charge in [-0.3, -0.25) is 0 Å². The molecule has 1 N–H and O–H groups in total. The van der Waals surface area contributed by atoms with E-state index in [2.05, 4.69) is 13.2 Å². The van der Waals surface area contributed by atoms with Gasteiger partial charge in [-0.2, -0.15) is 0 Å². The first-order valence-corrected chi connectivity index (χ1v) is 10.8. The standard InChI is InChI=1S/C28H34O5/c1-6-19-32-27(20-29)21-33-28(23-11-9-8-10-12-23,22(3)13-16-25(7-2)30-4)24-14-17-26(31-5)18-15-24/h6-18,27,29H,1-2,19-21H2,3-5H3/b22-13+,25-16+. The summed E-state index contributed by atoms with van der Waals surface area (Å²) in [6, 6.07) is 17.7. The lowest BCUT2D eigenvalue weighted by Crippen LogP contribution is -2.37. The maximum absolute atomic E-state index is 9.83. The van der Waals surface area contributed by atoms with E-state index in [9.17, 15) is 5.11 Å². The third-order valence-corrected chi connectivity index (χ3v) is 5.31. The van der Waals surface area contributed by atoms with Gasteiger partial charge in [-0.05, 0) is 47.9 Å². The number of allylic oxidation sites excluding steroid dienone is 3. The van der Waals surface area contributed by atoms with Crippen molar-refractivity contribution in [1.82, 2.24) is 0 Å². The van der Waals surface area contributed by atoms with E-state index in [1.54, 1.807) is 26.4 Å². The number of ether oxygens (including phenoxy) is 4. The highest BCUT2D eigenvalue weighted by molar-refractivity contribution is 5.47. The van der Waals surface area contributed by atoms with Crippen molar-refractivity contribution in [3.63, 3.8) is 0 Å². The molecule has 0 aromatic heterocycles. The van der Waals surface area contributed by atoms with Crippen LogP contribution in [0.3, 0.4) is 0 Å². The highest BCUT2D eigenvalue weighted by atomic mass is 16.5. The van der Waals surface area contributed by atoms with Crippen LogP contribution in [0.15, 0.2) is 103 Å². The highest BCUT2D eigenvalue weighted by Gasteiger charge is 2.38. The Labute approximate surface area is 197 Å². The summed E-state index contributed by atoms with van der Waals surface area (Å²) in [5.41, 5.74) is 1.82. The molecule has 0 aliphatic carbocycles. The molecule has 5 nitrogen and oxygen atoms in total. The zero-order valence-electron chi connectivity index (χ0n) is 19.7. The lowest BCUT2D eigenvalue weighted by molar-refractivity contribution is -0.0761. The molecule has 0 bridgehead atoms. The van der Waals surface area contributed by atoms with Crippen molar-refractivity contribution in [2.45, 2.75) is 18.6 Å². The Morgan fingerprint density at radius 3 is 2.21 bits per heavy atom. The number of rotatable bonds is 14. The molecule has 2 rings (SSSR count). The Kier molecular flexibility index (Phi) is 10.6. The Bertz CT molecular complexity index is 931. The quantitative estimate of drug-likeness (QED) is 0.244. The van der Waals surface area contributed by atoms with Gasteiger partial charge in [0.25, 0.3) is 0 Å². The molecule has 176 valence electrons. The van der Waals surface area contributed by atoms with Crippen LogP contribution >= 0.6 is 0 Å². The lowest BCUT2D eigenvalue weighted by Gasteiger charge is -2.37. The fourth-order valence-electron chi connectivity index (χ4n) is 3.52. The van der Waals surface area contributed by atoms with Gasteiger partial charge in [0.1, 0.15) is 23.2 Å². The number of hydrogen-bond donors (Lipinski definition) is 1. The van der Waals surface area contributed by atoms with Crippen LogP contribution in [0.25, 0.3) is 0 Å². The first-order valence-electron chi connectivity index (χ1n) is 10.8. The molecule has 33 heavy (non-hydrogen) atoms. The molecule has 0 radical (unpaired) electrons. The second-order valence-corrected chi connectivity index (χ2v) is 7.34. The van der Waals surface area contributed by atoms with E-state index < -0.39 is 11.7 Å². The zero-order valence-corrected chi connectivity index (χ0v) is 19.7. The monoisotopic (exact) mass is 450 g/mol. The van der Waals surface area contributed by atoms with Crippen LogP contribution in [-0.2, 0) is 19.8 Å². The zero-order chi connectivity index (χ0) is 24.1. The number of hydrogen-bond acceptors (Lipinski definition) is 5. The number of methoxy groups -OCH3 is 2. The van der Waals surface area contributed by atoms with Crippen LogP contribution in [0.5, 0.6) is 5.75 Å². The average Bonchev–Trinajstić information content (AvgIpc) is 2.87. The maximum Gasteiger partial charge on any atom is 0.139 e. The lowest BCUT2D eigenvalue weighted by atomic mass is 9.80. The highest BCUT2D eigenvalue weighted by Crippen LogP contribution is 2.41. The second kappa shape index (κ2) is 13.4. The summed E-state index contributed by atoms with van der Waals surface area (Å²) < 4.78 is 23.0. The van der Waals surface area contributed by atoms with Crippen LogP contribution in [0.2, 0.25) is 0 Å². The molecule has 5 heteroatoms. The molecule has 0 spiro atoms. The molecule has 0 amide bonds. The SMILES string of the molecule is C=CCOC(CO)COC(/C(C)=C/C=C(\C=C)OC)(c1ccccc1)c1ccc(OC)cc1. The molecule has 2 aromatic carbocycles. The van der Waals surface area contributed by atoms with E-state index in [0.29, 0.717) is 12.4 Å². The molecule has 0 aliphatic rings. The summed E-state index contributed by atoms with van der Waals surface area (Å²) in [4.78, 5) is 0. The molecule has 0 saturated carbocycles. The van der Waals surface area contributed by atoms with Crippen molar-refractivity contribution >= 4 is 0 Å². The molecule has 2 aromatic rings. The second-order valence-electron chi connectivity index (χ2n) is 7.34. The Morgan fingerprint density at radius 1 is 1.00 bits per heavy atom. The summed E-state index contributed by atoms with van der Waals surface area (Å²) in [6.07, 6.45) is 6.60. The first-order chi connectivity index (χ1) is 16.0. The minimum atomic E-state index is -0.949. The van der Waals surface area contributed by atoms with Gasteiger partial charge in [-0.15, -0.1) is 6.58 Å². The van der Waals surface area contributed by atoms with Gasteiger partial charge in [0.15, 0.2) is 0 Å². The first kappa shape index (κ1) is 26.1. The van der Waals surface area contributed by atoms with Crippen LogP contribution in [-0.4, -0.2) is 45.3 Å².